The molecule has 150 valence electrons. The third-order valence-corrected chi connectivity index (χ3v) is 7.11. The van der Waals surface area contributed by atoms with Gasteiger partial charge in [-0.15, -0.1) is 0 Å². The third-order valence-electron chi connectivity index (χ3n) is 5.64. The molecule has 3 aliphatic heterocycles. The number of pyridine rings is 1. The fraction of sp³-hybridized carbons (Fsp3) is 0.364. The Morgan fingerprint density at radius 3 is 3.00 bits per heavy atom. The number of carbonyl (C=O) groups excluding carboxylic acids is 1. The minimum absolute atomic E-state index is 0.0141. The summed E-state index contributed by atoms with van der Waals surface area (Å²) in [5, 5.41) is 5.48. The number of piperazine rings is 1. The molecule has 29 heavy (non-hydrogen) atoms. The van der Waals surface area contributed by atoms with E-state index in [0.29, 0.717) is 14.6 Å². The first kappa shape index (κ1) is 18.6. The van der Waals surface area contributed by atoms with Gasteiger partial charge in [-0.3, -0.25) is 9.78 Å². The van der Waals surface area contributed by atoms with Crippen molar-refractivity contribution in [2.45, 2.75) is 32.6 Å². The number of allylic oxidation sites excluding steroid dienone is 1. The van der Waals surface area contributed by atoms with Gasteiger partial charge in [0.1, 0.15) is 5.76 Å². The van der Waals surface area contributed by atoms with E-state index in [1.807, 2.05) is 37.1 Å². The standard InChI is InChI=1S/C22H25N4O2P/c1-13-8-16-9-18(28-22(16)15(3)24-13)19-10-20(27)26-12-17(4-5-21(26)29-19)25-7-6-23-14(2)11-25/h4-5,8-10,12,14,21,23,29H,6-7,11H2,1-3H3/t14-,21?/m0/s1. The van der Waals surface area contributed by atoms with Gasteiger partial charge in [0.15, 0.2) is 5.58 Å². The van der Waals surface area contributed by atoms with Gasteiger partial charge in [0.05, 0.1) is 17.2 Å². The summed E-state index contributed by atoms with van der Waals surface area (Å²) < 4.78 is 6.10. The highest BCUT2D eigenvalue weighted by molar-refractivity contribution is 7.51. The number of hydrogen-bond donors (Lipinski definition) is 1. The number of rotatable bonds is 2. The molecule has 6 nitrogen and oxygen atoms in total. The smallest absolute Gasteiger partial charge is 0.252 e. The summed E-state index contributed by atoms with van der Waals surface area (Å²) in [6.07, 6.45) is 8.07. The van der Waals surface area contributed by atoms with E-state index in [9.17, 15) is 4.79 Å². The van der Waals surface area contributed by atoms with E-state index in [1.54, 1.807) is 6.08 Å². The molecular formula is C22H25N4O2P. The van der Waals surface area contributed by atoms with Crippen molar-refractivity contribution in [3.8, 4) is 0 Å². The summed E-state index contributed by atoms with van der Waals surface area (Å²) in [6.45, 7) is 9.02. The van der Waals surface area contributed by atoms with Crippen molar-refractivity contribution < 1.29 is 9.21 Å². The van der Waals surface area contributed by atoms with E-state index < -0.39 is 0 Å². The zero-order valence-electron chi connectivity index (χ0n) is 16.9. The first-order valence-electron chi connectivity index (χ1n) is 10.0. The lowest BCUT2D eigenvalue weighted by Gasteiger charge is -2.39. The number of furan rings is 1. The number of aromatic nitrogens is 1. The highest BCUT2D eigenvalue weighted by atomic mass is 31.1. The van der Waals surface area contributed by atoms with Crippen LogP contribution in [0.4, 0.5) is 0 Å². The van der Waals surface area contributed by atoms with E-state index in [2.05, 4.69) is 34.3 Å². The van der Waals surface area contributed by atoms with Crippen LogP contribution in [-0.2, 0) is 4.79 Å². The van der Waals surface area contributed by atoms with Gasteiger partial charge in [-0.05, 0) is 39.0 Å². The van der Waals surface area contributed by atoms with E-state index >= 15 is 0 Å². The van der Waals surface area contributed by atoms with E-state index in [4.69, 9.17) is 4.42 Å². The van der Waals surface area contributed by atoms with Crippen LogP contribution in [0.1, 0.15) is 24.1 Å². The molecule has 0 saturated carbocycles. The first-order chi connectivity index (χ1) is 14.0. The molecule has 2 aromatic rings. The molecule has 5 rings (SSSR count). The lowest BCUT2D eigenvalue weighted by Crippen LogP contribution is -2.49. The van der Waals surface area contributed by atoms with Crippen LogP contribution in [0, 0.1) is 13.8 Å². The van der Waals surface area contributed by atoms with Crippen LogP contribution >= 0.6 is 8.58 Å². The zero-order valence-corrected chi connectivity index (χ0v) is 17.9. The van der Waals surface area contributed by atoms with Gasteiger partial charge in [-0.25, -0.2) is 0 Å². The number of amides is 1. The SMILES string of the molecule is Cc1cc2cc(C3=CC(=O)N4C=C(N5CCN[C@@H](C)C5)C=CC4P3)oc2c(C)n1. The molecule has 7 heteroatoms. The van der Waals surface area contributed by atoms with Crippen molar-refractivity contribution in [1.82, 2.24) is 20.1 Å². The molecule has 1 amide bonds. The third kappa shape index (κ3) is 3.41. The predicted octanol–water partition coefficient (Wildman–Crippen LogP) is 3.34. The number of hydrogen-bond acceptors (Lipinski definition) is 5. The maximum atomic E-state index is 12.9. The average molecular weight is 408 g/mol. The maximum Gasteiger partial charge on any atom is 0.252 e. The first-order valence-corrected chi connectivity index (χ1v) is 11.1. The summed E-state index contributed by atoms with van der Waals surface area (Å²) in [7, 11) is 0.448. The van der Waals surface area contributed by atoms with Crippen molar-refractivity contribution in [1.29, 1.82) is 0 Å². The minimum atomic E-state index is 0.0141. The van der Waals surface area contributed by atoms with Crippen LogP contribution in [0.5, 0.6) is 0 Å². The van der Waals surface area contributed by atoms with Crippen molar-refractivity contribution in [2.24, 2.45) is 0 Å². The van der Waals surface area contributed by atoms with E-state index in [0.717, 1.165) is 58.8 Å². The van der Waals surface area contributed by atoms with Crippen LogP contribution in [0.2, 0.25) is 0 Å². The topological polar surface area (TPSA) is 61.6 Å². The number of nitrogens with one attached hydrogen (secondary N) is 1. The van der Waals surface area contributed by atoms with Crippen molar-refractivity contribution >= 4 is 30.8 Å². The van der Waals surface area contributed by atoms with Crippen LogP contribution in [0.25, 0.3) is 16.3 Å². The van der Waals surface area contributed by atoms with Gasteiger partial charge in [-0.1, -0.05) is 14.7 Å². The van der Waals surface area contributed by atoms with Gasteiger partial charge in [0.25, 0.3) is 5.91 Å². The second-order valence-corrected chi connectivity index (χ2v) is 9.40. The fourth-order valence-electron chi connectivity index (χ4n) is 4.26. The van der Waals surface area contributed by atoms with E-state index in [1.165, 1.54) is 0 Å². The van der Waals surface area contributed by atoms with Gasteiger partial charge >= 0.3 is 0 Å². The minimum Gasteiger partial charge on any atom is -0.454 e. The molecule has 0 aromatic carbocycles. The normalized spacial score (nSPS) is 25.4. The average Bonchev–Trinajstić information content (AvgIpc) is 3.12. The number of nitrogens with zero attached hydrogens (tertiary/aromatic N) is 3. The predicted molar refractivity (Wildman–Crippen MR) is 117 cm³/mol. The molecule has 0 aliphatic carbocycles. The Hall–Kier alpha value is -2.43. The molecule has 1 N–H and O–H groups in total. The van der Waals surface area contributed by atoms with Crippen LogP contribution in [0.3, 0.4) is 0 Å². The Morgan fingerprint density at radius 1 is 1.31 bits per heavy atom. The number of carbonyl (C=O) groups is 1. The van der Waals surface area contributed by atoms with Crippen molar-refractivity contribution in [3.63, 3.8) is 0 Å². The van der Waals surface area contributed by atoms with Gasteiger partial charge in [-0.2, -0.15) is 0 Å². The molecule has 2 aromatic heterocycles. The molecule has 3 aliphatic rings. The summed E-state index contributed by atoms with van der Waals surface area (Å²) >= 11 is 0. The summed E-state index contributed by atoms with van der Waals surface area (Å²) in [5.41, 5.74) is 3.78. The number of fused-ring (bicyclic) bond motifs is 2. The zero-order chi connectivity index (χ0) is 20.1. The summed E-state index contributed by atoms with van der Waals surface area (Å²) in [4.78, 5) is 21.6. The van der Waals surface area contributed by atoms with Gasteiger partial charge in [0.2, 0.25) is 0 Å². The lowest BCUT2D eigenvalue weighted by atomic mass is 10.2. The lowest BCUT2D eigenvalue weighted by molar-refractivity contribution is -0.123. The Kier molecular flexibility index (Phi) is 4.56. The highest BCUT2D eigenvalue weighted by Gasteiger charge is 2.31. The molecular weight excluding hydrogens is 383 g/mol. The monoisotopic (exact) mass is 408 g/mol. The Labute approximate surface area is 172 Å². The Morgan fingerprint density at radius 2 is 2.17 bits per heavy atom. The van der Waals surface area contributed by atoms with Crippen LogP contribution in [0.15, 0.2) is 46.7 Å². The molecule has 5 heterocycles. The molecule has 3 atom stereocenters. The highest BCUT2D eigenvalue weighted by Crippen LogP contribution is 2.46. The second-order valence-electron chi connectivity index (χ2n) is 7.99. The van der Waals surface area contributed by atoms with Gasteiger partial charge < -0.3 is 19.5 Å². The Balaban J connectivity index is 1.43. The molecule has 1 saturated heterocycles. The maximum absolute atomic E-state index is 12.9. The van der Waals surface area contributed by atoms with E-state index in [-0.39, 0.29) is 11.7 Å². The quantitative estimate of drug-likeness (QED) is 0.773. The largest absolute Gasteiger partial charge is 0.454 e. The van der Waals surface area contributed by atoms with Crippen molar-refractivity contribution in [2.75, 3.05) is 19.6 Å². The summed E-state index contributed by atoms with van der Waals surface area (Å²) in [6, 6.07) is 4.52. The van der Waals surface area contributed by atoms with Crippen LogP contribution < -0.4 is 5.32 Å². The molecule has 0 radical (unpaired) electrons. The molecule has 0 bridgehead atoms. The number of aryl methyl sites for hydroxylation is 2. The summed E-state index contributed by atoms with van der Waals surface area (Å²) in [5.74, 6) is 0.849. The molecule has 2 unspecified atom stereocenters. The molecule has 1 fully saturated rings. The van der Waals surface area contributed by atoms with Crippen LogP contribution in [-0.4, -0.2) is 52.2 Å². The fourth-order valence-corrected chi connectivity index (χ4v) is 5.59. The van der Waals surface area contributed by atoms with Gasteiger partial charge in [0, 0.05) is 54.3 Å². The van der Waals surface area contributed by atoms with Crippen molar-refractivity contribution in [3.05, 3.63) is 59.4 Å². The Bertz CT molecular complexity index is 1080. The second kappa shape index (κ2) is 7.12. The molecule has 0 spiro atoms.